The normalized spacial score (nSPS) is 20.4. The highest BCUT2D eigenvalue weighted by Gasteiger charge is 2.40. The van der Waals surface area contributed by atoms with Crippen LogP contribution in [0.1, 0.15) is 26.3 Å². The lowest BCUT2D eigenvalue weighted by Gasteiger charge is -2.41. The molecule has 2 N–H and O–H groups in total. The van der Waals surface area contributed by atoms with Gasteiger partial charge in [0.2, 0.25) is 5.91 Å². The summed E-state index contributed by atoms with van der Waals surface area (Å²) in [7, 11) is 0. The van der Waals surface area contributed by atoms with Crippen LogP contribution < -0.4 is 5.32 Å². The molecule has 7 heteroatoms. The van der Waals surface area contributed by atoms with E-state index in [0.717, 1.165) is 22.4 Å². The molecular formula is C24H28ClN3O3. The Labute approximate surface area is 187 Å². The summed E-state index contributed by atoms with van der Waals surface area (Å²) in [5.41, 5.74) is 3.41. The molecule has 0 aliphatic carbocycles. The molecule has 0 bridgehead atoms. The molecule has 2 heterocycles. The van der Waals surface area contributed by atoms with Crippen molar-refractivity contribution in [2.75, 3.05) is 25.0 Å². The lowest BCUT2D eigenvalue weighted by Crippen LogP contribution is -2.60. The molecule has 2 aliphatic heterocycles. The van der Waals surface area contributed by atoms with E-state index in [9.17, 15) is 14.7 Å². The maximum atomic E-state index is 13.0. The van der Waals surface area contributed by atoms with Crippen LogP contribution >= 0.6 is 11.6 Å². The number of carbonyl (C=O) groups is 2. The van der Waals surface area contributed by atoms with Crippen molar-refractivity contribution >= 4 is 29.1 Å². The second-order valence-corrected chi connectivity index (χ2v) is 9.84. The van der Waals surface area contributed by atoms with Gasteiger partial charge in [0.05, 0.1) is 0 Å². The number of anilines is 1. The molecule has 0 spiro atoms. The summed E-state index contributed by atoms with van der Waals surface area (Å²) in [6.07, 6.45) is -1.09. The van der Waals surface area contributed by atoms with E-state index in [1.807, 2.05) is 57.2 Å². The smallest absolute Gasteiger partial charge is 0.252 e. The van der Waals surface area contributed by atoms with E-state index < -0.39 is 17.6 Å². The predicted molar refractivity (Wildman–Crippen MR) is 122 cm³/mol. The number of hydrogen-bond acceptors (Lipinski definition) is 4. The third kappa shape index (κ3) is 4.47. The van der Waals surface area contributed by atoms with E-state index in [-0.39, 0.29) is 18.4 Å². The Hall–Kier alpha value is -2.41. The maximum Gasteiger partial charge on any atom is 0.252 e. The van der Waals surface area contributed by atoms with Crippen molar-refractivity contribution in [3.05, 3.63) is 53.1 Å². The van der Waals surface area contributed by atoms with Gasteiger partial charge in [0.1, 0.15) is 12.1 Å². The van der Waals surface area contributed by atoms with Gasteiger partial charge < -0.3 is 15.3 Å². The van der Waals surface area contributed by atoms with Crippen LogP contribution in [0.3, 0.4) is 0 Å². The molecule has 2 aromatic rings. The highest BCUT2D eigenvalue weighted by molar-refractivity contribution is 6.30. The van der Waals surface area contributed by atoms with Gasteiger partial charge in [-0.25, -0.2) is 0 Å². The van der Waals surface area contributed by atoms with Crippen LogP contribution in [0.4, 0.5) is 5.69 Å². The first-order valence-corrected chi connectivity index (χ1v) is 10.9. The molecular weight excluding hydrogens is 414 g/mol. The summed E-state index contributed by atoms with van der Waals surface area (Å²) in [4.78, 5) is 29.5. The van der Waals surface area contributed by atoms with Crippen LogP contribution in [0.25, 0.3) is 11.1 Å². The van der Waals surface area contributed by atoms with Gasteiger partial charge in [-0.15, -0.1) is 0 Å². The first-order chi connectivity index (χ1) is 14.6. The van der Waals surface area contributed by atoms with E-state index in [2.05, 4.69) is 16.3 Å². The third-order valence-corrected chi connectivity index (χ3v) is 6.33. The van der Waals surface area contributed by atoms with Crippen LogP contribution in [0.5, 0.6) is 0 Å². The lowest BCUT2D eigenvalue weighted by atomic mass is 9.88. The van der Waals surface area contributed by atoms with Crippen LogP contribution in [-0.2, 0) is 16.1 Å². The van der Waals surface area contributed by atoms with Crippen molar-refractivity contribution in [2.45, 2.75) is 39.5 Å². The maximum absolute atomic E-state index is 13.0. The number of rotatable bonds is 2. The molecule has 0 radical (unpaired) electrons. The second kappa shape index (κ2) is 8.26. The van der Waals surface area contributed by atoms with Gasteiger partial charge in [0.15, 0.2) is 0 Å². The monoisotopic (exact) mass is 441 g/mol. The van der Waals surface area contributed by atoms with E-state index in [0.29, 0.717) is 24.7 Å². The summed E-state index contributed by atoms with van der Waals surface area (Å²) >= 11 is 6.01. The minimum atomic E-state index is -1.09. The average molecular weight is 442 g/mol. The molecule has 2 aliphatic rings. The van der Waals surface area contributed by atoms with Crippen LogP contribution in [0.15, 0.2) is 42.5 Å². The molecule has 2 aromatic carbocycles. The Bertz CT molecular complexity index is 1000. The number of nitrogens with one attached hydrogen (secondary N) is 1. The Balaban J connectivity index is 1.55. The summed E-state index contributed by atoms with van der Waals surface area (Å²) in [6, 6.07) is 13.3. The van der Waals surface area contributed by atoms with Crippen LogP contribution in [-0.4, -0.2) is 58.5 Å². The molecule has 164 valence electrons. The molecule has 0 aromatic heterocycles. The highest BCUT2D eigenvalue weighted by atomic mass is 35.5. The Morgan fingerprint density at radius 2 is 1.81 bits per heavy atom. The zero-order valence-corrected chi connectivity index (χ0v) is 18.8. The van der Waals surface area contributed by atoms with E-state index in [4.69, 9.17) is 11.6 Å². The number of piperazine rings is 1. The summed E-state index contributed by atoms with van der Waals surface area (Å²) < 4.78 is 0. The minimum absolute atomic E-state index is 0.124. The zero-order chi connectivity index (χ0) is 22.3. The number of benzene rings is 2. The molecule has 6 nitrogen and oxygen atoms in total. The van der Waals surface area contributed by atoms with Crippen LogP contribution in [0.2, 0.25) is 5.02 Å². The largest absolute Gasteiger partial charge is 0.383 e. The lowest BCUT2D eigenvalue weighted by molar-refractivity contribution is -0.149. The molecule has 2 atom stereocenters. The van der Waals surface area contributed by atoms with Gasteiger partial charge in [-0.1, -0.05) is 50.6 Å². The molecule has 1 unspecified atom stereocenters. The third-order valence-electron chi connectivity index (χ3n) is 6.07. The van der Waals surface area contributed by atoms with E-state index in [1.54, 1.807) is 4.90 Å². The minimum Gasteiger partial charge on any atom is -0.383 e. The Kier molecular flexibility index (Phi) is 5.81. The van der Waals surface area contributed by atoms with Gasteiger partial charge in [0.25, 0.3) is 5.91 Å². The Morgan fingerprint density at radius 1 is 1.13 bits per heavy atom. The van der Waals surface area contributed by atoms with Gasteiger partial charge in [-0.2, -0.15) is 0 Å². The van der Waals surface area contributed by atoms with Crippen molar-refractivity contribution in [3.63, 3.8) is 0 Å². The van der Waals surface area contributed by atoms with Gasteiger partial charge in [-0.3, -0.25) is 14.5 Å². The number of amides is 2. The second-order valence-electron chi connectivity index (χ2n) is 9.41. The van der Waals surface area contributed by atoms with Crippen molar-refractivity contribution in [2.24, 2.45) is 5.41 Å². The topological polar surface area (TPSA) is 72.9 Å². The van der Waals surface area contributed by atoms with E-state index >= 15 is 0 Å². The highest BCUT2D eigenvalue weighted by Crippen LogP contribution is 2.31. The first kappa shape index (κ1) is 21.8. The molecule has 1 saturated heterocycles. The number of fused-ring (bicyclic) bond motifs is 2. The molecule has 31 heavy (non-hydrogen) atoms. The summed E-state index contributed by atoms with van der Waals surface area (Å²) in [5.74, 6) is -0.438. The fraction of sp³-hybridized carbons (Fsp3) is 0.417. The van der Waals surface area contributed by atoms with Crippen molar-refractivity contribution in [3.8, 4) is 11.1 Å². The number of aliphatic hydroxyl groups excluding tert-OH is 1. The number of carbonyl (C=O) groups excluding carboxylic acids is 2. The van der Waals surface area contributed by atoms with E-state index in [1.165, 1.54) is 0 Å². The number of hydrogen-bond donors (Lipinski definition) is 2. The summed E-state index contributed by atoms with van der Waals surface area (Å²) in [6.45, 7) is 7.45. The van der Waals surface area contributed by atoms with Crippen molar-refractivity contribution in [1.29, 1.82) is 0 Å². The summed E-state index contributed by atoms with van der Waals surface area (Å²) in [5, 5.41) is 14.1. The number of nitrogens with zero attached hydrogens (tertiary/aromatic N) is 2. The molecule has 0 saturated carbocycles. The van der Waals surface area contributed by atoms with Gasteiger partial charge in [-0.05, 0) is 46.4 Å². The van der Waals surface area contributed by atoms with Gasteiger partial charge >= 0.3 is 0 Å². The molecule has 4 rings (SSSR count). The van der Waals surface area contributed by atoms with Crippen molar-refractivity contribution in [1.82, 2.24) is 9.80 Å². The fourth-order valence-electron chi connectivity index (χ4n) is 4.11. The van der Waals surface area contributed by atoms with Gasteiger partial charge in [0, 0.05) is 36.9 Å². The quantitative estimate of drug-likeness (QED) is 0.749. The predicted octanol–water partition coefficient (Wildman–Crippen LogP) is 3.38. The zero-order valence-electron chi connectivity index (χ0n) is 18.1. The van der Waals surface area contributed by atoms with Crippen LogP contribution in [0, 0.1) is 5.41 Å². The first-order valence-electron chi connectivity index (χ1n) is 10.5. The standard InChI is InChI=1S/C24H28ClN3O3/c1-24(2,3)21(29)23(31)28-11-10-27-13-17-12-16(15-4-7-18(25)8-5-15)6-9-19(17)26-22(30)20(27)14-28/h4-9,12,20-21,29H,10-11,13-14H2,1-3H3,(H,26,30)/t20?,21-/m1/s1. The molecule has 1 fully saturated rings. The number of halogens is 1. The SMILES string of the molecule is CC(C)(C)[C@H](O)C(=O)N1CCN2Cc3cc(-c4ccc(Cl)cc4)ccc3NC(=O)C2C1. The number of aliphatic hydroxyl groups is 1. The fourth-order valence-corrected chi connectivity index (χ4v) is 4.23. The average Bonchev–Trinajstić information content (AvgIpc) is 2.87. The van der Waals surface area contributed by atoms with Crippen molar-refractivity contribution < 1.29 is 14.7 Å². The molecule has 2 amide bonds. The Morgan fingerprint density at radius 3 is 2.48 bits per heavy atom.